The Hall–Kier alpha value is -1.02. The minimum Gasteiger partial charge on any atom is -0.368 e. The SMILES string of the molecule is Cc1cc(CNC(C)C)ccc1N(CC1CC1)C1CC1. The number of aryl methyl sites for hydroxylation is 1. The van der Waals surface area contributed by atoms with E-state index in [1.54, 1.807) is 0 Å². The maximum atomic E-state index is 3.50. The average molecular weight is 272 g/mol. The fourth-order valence-electron chi connectivity index (χ4n) is 2.88. The van der Waals surface area contributed by atoms with Crippen molar-refractivity contribution in [3.05, 3.63) is 29.3 Å². The molecular weight excluding hydrogens is 244 g/mol. The molecule has 2 nitrogen and oxygen atoms in total. The Bertz CT molecular complexity index is 458. The first kappa shape index (κ1) is 13.9. The molecule has 2 fully saturated rings. The molecule has 2 heteroatoms. The number of nitrogens with one attached hydrogen (secondary N) is 1. The van der Waals surface area contributed by atoms with E-state index in [0.717, 1.165) is 18.5 Å². The predicted octanol–water partition coefficient (Wildman–Crippen LogP) is 3.87. The van der Waals surface area contributed by atoms with Crippen LogP contribution in [0, 0.1) is 12.8 Å². The van der Waals surface area contributed by atoms with Gasteiger partial charge in [-0.05, 0) is 55.7 Å². The number of hydrogen-bond donors (Lipinski definition) is 1. The Balaban J connectivity index is 1.71. The summed E-state index contributed by atoms with van der Waals surface area (Å²) in [5.41, 5.74) is 4.33. The van der Waals surface area contributed by atoms with Crippen molar-refractivity contribution in [1.29, 1.82) is 0 Å². The van der Waals surface area contributed by atoms with E-state index in [1.807, 2.05) is 0 Å². The van der Waals surface area contributed by atoms with Crippen LogP contribution in [0.5, 0.6) is 0 Å². The van der Waals surface area contributed by atoms with E-state index in [-0.39, 0.29) is 0 Å². The second-order valence-electron chi connectivity index (χ2n) is 6.98. The highest BCUT2D eigenvalue weighted by Crippen LogP contribution is 2.38. The van der Waals surface area contributed by atoms with Gasteiger partial charge in [-0.2, -0.15) is 0 Å². The summed E-state index contributed by atoms with van der Waals surface area (Å²) < 4.78 is 0. The fourth-order valence-corrected chi connectivity index (χ4v) is 2.88. The molecule has 0 atom stereocenters. The average Bonchev–Trinajstić information content (AvgIpc) is 3.26. The zero-order valence-corrected chi connectivity index (χ0v) is 13.2. The van der Waals surface area contributed by atoms with Crippen molar-refractivity contribution in [3.8, 4) is 0 Å². The molecule has 110 valence electrons. The number of hydrogen-bond acceptors (Lipinski definition) is 2. The lowest BCUT2D eigenvalue weighted by molar-refractivity contribution is 0.588. The van der Waals surface area contributed by atoms with Gasteiger partial charge in [-0.25, -0.2) is 0 Å². The molecule has 2 saturated carbocycles. The third-order valence-corrected chi connectivity index (χ3v) is 4.42. The Morgan fingerprint density at radius 1 is 1.20 bits per heavy atom. The maximum absolute atomic E-state index is 3.50. The number of benzene rings is 1. The van der Waals surface area contributed by atoms with Crippen molar-refractivity contribution in [2.24, 2.45) is 5.92 Å². The maximum Gasteiger partial charge on any atom is 0.0398 e. The lowest BCUT2D eigenvalue weighted by Crippen LogP contribution is -2.28. The molecule has 0 unspecified atom stereocenters. The highest BCUT2D eigenvalue weighted by atomic mass is 15.2. The summed E-state index contributed by atoms with van der Waals surface area (Å²) in [5, 5.41) is 3.50. The van der Waals surface area contributed by atoms with E-state index in [0.29, 0.717) is 6.04 Å². The Morgan fingerprint density at radius 3 is 2.50 bits per heavy atom. The molecule has 0 aliphatic heterocycles. The van der Waals surface area contributed by atoms with Gasteiger partial charge < -0.3 is 10.2 Å². The molecule has 0 bridgehead atoms. The molecule has 0 aromatic heterocycles. The van der Waals surface area contributed by atoms with Crippen molar-refractivity contribution in [2.75, 3.05) is 11.4 Å². The van der Waals surface area contributed by atoms with Gasteiger partial charge in [0.2, 0.25) is 0 Å². The third-order valence-electron chi connectivity index (χ3n) is 4.42. The molecule has 0 amide bonds. The summed E-state index contributed by atoms with van der Waals surface area (Å²) in [5.74, 6) is 0.970. The highest BCUT2D eigenvalue weighted by Gasteiger charge is 2.34. The molecule has 0 spiro atoms. The molecule has 1 N–H and O–H groups in total. The van der Waals surface area contributed by atoms with Gasteiger partial charge in [-0.3, -0.25) is 0 Å². The van der Waals surface area contributed by atoms with Crippen molar-refractivity contribution >= 4 is 5.69 Å². The van der Waals surface area contributed by atoms with Crippen LogP contribution in [-0.4, -0.2) is 18.6 Å². The van der Waals surface area contributed by atoms with Crippen LogP contribution < -0.4 is 10.2 Å². The Morgan fingerprint density at radius 2 is 1.95 bits per heavy atom. The summed E-state index contributed by atoms with van der Waals surface area (Å²) in [6.45, 7) is 8.94. The van der Waals surface area contributed by atoms with Gasteiger partial charge >= 0.3 is 0 Å². The molecule has 0 radical (unpaired) electrons. The number of nitrogens with zero attached hydrogens (tertiary/aromatic N) is 1. The van der Waals surface area contributed by atoms with Gasteiger partial charge in [0.25, 0.3) is 0 Å². The second-order valence-corrected chi connectivity index (χ2v) is 6.98. The standard InChI is InChI=1S/C18H28N2/c1-13(2)19-11-16-6-9-18(14(3)10-16)20(17-7-8-17)12-15-4-5-15/h6,9-10,13,15,17,19H,4-5,7-8,11-12H2,1-3H3. The Kier molecular flexibility index (Phi) is 4.02. The first-order valence-corrected chi connectivity index (χ1v) is 8.23. The molecule has 0 heterocycles. The van der Waals surface area contributed by atoms with Crippen LogP contribution in [0.2, 0.25) is 0 Å². The van der Waals surface area contributed by atoms with Crippen molar-refractivity contribution in [2.45, 2.75) is 65.1 Å². The second kappa shape index (κ2) is 5.77. The van der Waals surface area contributed by atoms with Gasteiger partial charge in [-0.1, -0.05) is 26.0 Å². The van der Waals surface area contributed by atoms with Crippen LogP contribution >= 0.6 is 0 Å². The van der Waals surface area contributed by atoms with E-state index >= 15 is 0 Å². The summed E-state index contributed by atoms with van der Waals surface area (Å²) in [6.07, 6.45) is 5.67. The molecule has 0 saturated heterocycles. The largest absolute Gasteiger partial charge is 0.368 e. The zero-order chi connectivity index (χ0) is 14.1. The van der Waals surface area contributed by atoms with Crippen molar-refractivity contribution in [3.63, 3.8) is 0 Å². The summed E-state index contributed by atoms with van der Waals surface area (Å²) >= 11 is 0. The lowest BCUT2D eigenvalue weighted by atomic mass is 10.1. The van der Waals surface area contributed by atoms with Crippen LogP contribution in [0.4, 0.5) is 5.69 Å². The van der Waals surface area contributed by atoms with Crippen molar-refractivity contribution < 1.29 is 0 Å². The predicted molar refractivity (Wildman–Crippen MR) is 86.2 cm³/mol. The van der Waals surface area contributed by atoms with E-state index < -0.39 is 0 Å². The summed E-state index contributed by atoms with van der Waals surface area (Å²) in [7, 11) is 0. The van der Waals surface area contributed by atoms with E-state index in [9.17, 15) is 0 Å². The molecule has 1 aromatic carbocycles. The lowest BCUT2D eigenvalue weighted by Gasteiger charge is -2.27. The van der Waals surface area contributed by atoms with Gasteiger partial charge in [0.1, 0.15) is 0 Å². The van der Waals surface area contributed by atoms with E-state index in [4.69, 9.17) is 0 Å². The molecule has 2 aliphatic rings. The van der Waals surface area contributed by atoms with Gasteiger partial charge in [-0.15, -0.1) is 0 Å². The van der Waals surface area contributed by atoms with E-state index in [1.165, 1.54) is 49.0 Å². The monoisotopic (exact) mass is 272 g/mol. The summed E-state index contributed by atoms with van der Waals surface area (Å²) in [4.78, 5) is 2.69. The smallest absolute Gasteiger partial charge is 0.0398 e. The third kappa shape index (κ3) is 3.54. The minimum atomic E-state index is 0.549. The summed E-state index contributed by atoms with van der Waals surface area (Å²) in [6, 6.07) is 8.40. The topological polar surface area (TPSA) is 15.3 Å². The van der Waals surface area contributed by atoms with Crippen LogP contribution in [0.15, 0.2) is 18.2 Å². The van der Waals surface area contributed by atoms with Gasteiger partial charge in [0.05, 0.1) is 0 Å². The van der Waals surface area contributed by atoms with Crippen LogP contribution in [0.1, 0.15) is 50.7 Å². The Labute approximate surface area is 123 Å². The fraction of sp³-hybridized carbons (Fsp3) is 0.667. The van der Waals surface area contributed by atoms with Crippen LogP contribution in [0.3, 0.4) is 0 Å². The molecule has 3 rings (SSSR count). The highest BCUT2D eigenvalue weighted by molar-refractivity contribution is 5.56. The molecule has 20 heavy (non-hydrogen) atoms. The molecular formula is C18H28N2. The van der Waals surface area contributed by atoms with Gasteiger partial charge in [0, 0.05) is 30.9 Å². The van der Waals surface area contributed by atoms with Gasteiger partial charge in [0.15, 0.2) is 0 Å². The number of rotatable bonds is 7. The number of anilines is 1. The van der Waals surface area contributed by atoms with Crippen LogP contribution in [-0.2, 0) is 6.54 Å². The first-order chi connectivity index (χ1) is 9.63. The molecule has 1 aromatic rings. The minimum absolute atomic E-state index is 0.549. The quantitative estimate of drug-likeness (QED) is 0.810. The first-order valence-electron chi connectivity index (χ1n) is 8.23. The normalized spacial score (nSPS) is 18.6. The molecule has 2 aliphatic carbocycles. The van der Waals surface area contributed by atoms with E-state index in [2.05, 4.69) is 49.2 Å². The van der Waals surface area contributed by atoms with Crippen LogP contribution in [0.25, 0.3) is 0 Å². The van der Waals surface area contributed by atoms with Crippen molar-refractivity contribution in [1.82, 2.24) is 5.32 Å². The zero-order valence-electron chi connectivity index (χ0n) is 13.2.